The van der Waals surface area contributed by atoms with Gasteiger partial charge in [0.05, 0.1) is 13.2 Å². The van der Waals surface area contributed by atoms with Crippen molar-refractivity contribution >= 4 is 16.8 Å². The molecule has 0 atom stereocenters. The van der Waals surface area contributed by atoms with Crippen LogP contribution in [0.15, 0.2) is 0 Å². The molecule has 0 aliphatic rings. The van der Waals surface area contributed by atoms with Crippen molar-refractivity contribution in [3.8, 4) is 0 Å². The highest BCUT2D eigenvalue weighted by atomic mass is 35.5. The summed E-state index contributed by atoms with van der Waals surface area (Å²) in [6, 6.07) is 0. The predicted octanol–water partition coefficient (Wildman–Crippen LogP) is 0.737. The van der Waals surface area contributed by atoms with E-state index in [9.17, 15) is 4.79 Å². The van der Waals surface area contributed by atoms with Crippen LogP contribution in [0, 0.1) is 0 Å². The normalized spacial score (nSPS) is 10.9. The third-order valence-electron chi connectivity index (χ3n) is 1.85. The summed E-state index contributed by atoms with van der Waals surface area (Å²) < 4.78 is 9.92. The number of ether oxygens (including phenoxy) is 2. The smallest absolute Gasteiger partial charge is 0.222 e. The Kier molecular flexibility index (Phi) is 9.29. The van der Waals surface area contributed by atoms with Gasteiger partial charge in [0.25, 0.3) is 0 Å². The topological polar surface area (TPSA) is 38.8 Å². The van der Waals surface area contributed by atoms with Crippen molar-refractivity contribution in [1.82, 2.24) is 4.90 Å². The molecule has 0 spiro atoms. The van der Waals surface area contributed by atoms with Crippen molar-refractivity contribution < 1.29 is 14.3 Å². The summed E-state index contributed by atoms with van der Waals surface area (Å²) in [5.41, 5.74) is 0. The maximum atomic E-state index is 10.6. The van der Waals surface area contributed by atoms with E-state index in [2.05, 4.69) is 4.90 Å². The van der Waals surface area contributed by atoms with E-state index >= 15 is 0 Å². The summed E-state index contributed by atoms with van der Waals surface area (Å²) >= 11 is 5.26. The molecule has 0 rings (SSSR count). The molecular formula is C9H18ClNO3. The molecule has 0 amide bonds. The maximum Gasteiger partial charge on any atom is 0.222 e. The van der Waals surface area contributed by atoms with E-state index in [0.717, 1.165) is 13.1 Å². The molecular weight excluding hydrogens is 206 g/mol. The fourth-order valence-corrected chi connectivity index (χ4v) is 1.11. The van der Waals surface area contributed by atoms with E-state index in [4.69, 9.17) is 21.1 Å². The van der Waals surface area contributed by atoms with Crippen LogP contribution in [-0.2, 0) is 14.3 Å². The quantitative estimate of drug-likeness (QED) is 0.541. The molecule has 0 aromatic rings. The summed E-state index contributed by atoms with van der Waals surface area (Å²) in [6.07, 6.45) is 0.370. The lowest BCUT2D eigenvalue weighted by Gasteiger charge is -2.20. The van der Waals surface area contributed by atoms with Crippen LogP contribution in [-0.4, -0.2) is 57.2 Å². The van der Waals surface area contributed by atoms with Gasteiger partial charge in [-0.15, -0.1) is 0 Å². The molecule has 0 saturated heterocycles. The van der Waals surface area contributed by atoms with Crippen LogP contribution < -0.4 is 0 Å². The summed E-state index contributed by atoms with van der Waals surface area (Å²) in [4.78, 5) is 12.7. The first kappa shape index (κ1) is 13.8. The van der Waals surface area contributed by atoms with Gasteiger partial charge in [-0.2, -0.15) is 0 Å². The molecule has 14 heavy (non-hydrogen) atoms. The first-order chi connectivity index (χ1) is 6.70. The molecule has 4 nitrogen and oxygen atoms in total. The zero-order valence-electron chi connectivity index (χ0n) is 8.79. The largest absolute Gasteiger partial charge is 0.383 e. The third-order valence-corrected chi connectivity index (χ3v) is 2.04. The second-order valence-electron chi connectivity index (χ2n) is 2.93. The zero-order valence-corrected chi connectivity index (χ0v) is 9.55. The molecule has 0 saturated carbocycles. The molecule has 0 heterocycles. The molecule has 0 aromatic carbocycles. The highest BCUT2D eigenvalue weighted by Crippen LogP contribution is 1.95. The number of carbonyl (C=O) groups is 1. The second-order valence-corrected chi connectivity index (χ2v) is 3.35. The van der Waals surface area contributed by atoms with Gasteiger partial charge in [0.15, 0.2) is 0 Å². The van der Waals surface area contributed by atoms with Gasteiger partial charge in [-0.1, -0.05) is 0 Å². The van der Waals surface area contributed by atoms with Crippen LogP contribution in [0.1, 0.15) is 6.42 Å². The Hall–Kier alpha value is -0.160. The molecule has 0 aromatic heterocycles. The molecule has 0 fully saturated rings. The predicted molar refractivity (Wildman–Crippen MR) is 55.7 cm³/mol. The molecule has 0 N–H and O–H groups in total. The van der Waals surface area contributed by atoms with Crippen LogP contribution in [0.3, 0.4) is 0 Å². The lowest BCUT2D eigenvalue weighted by Crippen LogP contribution is -2.32. The summed E-state index contributed by atoms with van der Waals surface area (Å²) in [5.74, 6) is 0. The molecule has 0 aliphatic carbocycles. The van der Waals surface area contributed by atoms with Crippen LogP contribution in [0.25, 0.3) is 0 Å². The van der Waals surface area contributed by atoms with E-state index in [1.54, 1.807) is 14.2 Å². The number of rotatable bonds is 9. The second kappa shape index (κ2) is 9.40. The molecule has 0 aliphatic heterocycles. The fourth-order valence-electron chi connectivity index (χ4n) is 1.02. The molecule has 84 valence electrons. The van der Waals surface area contributed by atoms with Crippen LogP contribution in [0.4, 0.5) is 0 Å². The number of nitrogens with zero attached hydrogens (tertiary/aromatic N) is 1. The van der Waals surface area contributed by atoms with E-state index in [1.165, 1.54) is 0 Å². The minimum Gasteiger partial charge on any atom is -0.383 e. The Bertz CT molecular complexity index is 147. The van der Waals surface area contributed by atoms with E-state index < -0.39 is 0 Å². The lowest BCUT2D eigenvalue weighted by atomic mass is 10.4. The van der Waals surface area contributed by atoms with Crippen molar-refractivity contribution in [2.75, 3.05) is 47.1 Å². The first-order valence-corrected chi connectivity index (χ1v) is 4.97. The third kappa shape index (κ3) is 8.44. The van der Waals surface area contributed by atoms with Crippen molar-refractivity contribution in [1.29, 1.82) is 0 Å². The lowest BCUT2D eigenvalue weighted by molar-refractivity contribution is -0.112. The first-order valence-electron chi connectivity index (χ1n) is 4.59. The minimum atomic E-state index is -0.301. The van der Waals surface area contributed by atoms with Crippen molar-refractivity contribution in [2.24, 2.45) is 0 Å². The average Bonchev–Trinajstić information content (AvgIpc) is 2.16. The highest BCUT2D eigenvalue weighted by Gasteiger charge is 2.06. The Balaban J connectivity index is 3.65. The number of carbonyl (C=O) groups excluding carboxylic acids is 1. The van der Waals surface area contributed by atoms with Crippen LogP contribution in [0.5, 0.6) is 0 Å². The van der Waals surface area contributed by atoms with Gasteiger partial charge >= 0.3 is 0 Å². The van der Waals surface area contributed by atoms with Gasteiger partial charge < -0.3 is 9.47 Å². The van der Waals surface area contributed by atoms with E-state index in [0.29, 0.717) is 26.2 Å². The molecule has 0 radical (unpaired) electrons. The van der Waals surface area contributed by atoms with Gasteiger partial charge in [0, 0.05) is 40.3 Å². The van der Waals surface area contributed by atoms with E-state index in [-0.39, 0.29) is 5.24 Å². The molecule has 5 heteroatoms. The van der Waals surface area contributed by atoms with Crippen LogP contribution >= 0.6 is 11.6 Å². The van der Waals surface area contributed by atoms with Crippen LogP contribution in [0.2, 0.25) is 0 Å². The van der Waals surface area contributed by atoms with Gasteiger partial charge in [-0.3, -0.25) is 9.69 Å². The summed E-state index contributed by atoms with van der Waals surface area (Å²) in [5, 5.41) is -0.301. The maximum absolute atomic E-state index is 10.6. The Labute approximate surface area is 90.1 Å². The van der Waals surface area contributed by atoms with Crippen molar-refractivity contribution in [3.63, 3.8) is 0 Å². The number of halogens is 1. The number of hydrogen-bond donors (Lipinski definition) is 0. The fraction of sp³-hybridized carbons (Fsp3) is 0.889. The molecule has 0 unspecified atom stereocenters. The average molecular weight is 224 g/mol. The van der Waals surface area contributed by atoms with Crippen molar-refractivity contribution in [2.45, 2.75) is 6.42 Å². The SMILES string of the molecule is COCCN(CCOC)CCC(=O)Cl. The zero-order chi connectivity index (χ0) is 10.8. The highest BCUT2D eigenvalue weighted by molar-refractivity contribution is 6.63. The molecule has 0 bridgehead atoms. The summed E-state index contributed by atoms with van der Waals surface area (Å²) in [7, 11) is 3.31. The minimum absolute atomic E-state index is 0.301. The standard InChI is InChI=1S/C9H18ClNO3/c1-13-7-5-11(6-8-14-2)4-3-9(10)12/h3-8H2,1-2H3. The van der Waals surface area contributed by atoms with Gasteiger partial charge in [-0.05, 0) is 11.6 Å². The monoisotopic (exact) mass is 223 g/mol. The van der Waals surface area contributed by atoms with Gasteiger partial charge in [0.1, 0.15) is 0 Å². The number of methoxy groups -OCH3 is 2. The number of hydrogen-bond acceptors (Lipinski definition) is 4. The Morgan fingerprint density at radius 3 is 2.00 bits per heavy atom. The van der Waals surface area contributed by atoms with E-state index in [1.807, 2.05) is 0 Å². The van der Waals surface area contributed by atoms with Crippen molar-refractivity contribution in [3.05, 3.63) is 0 Å². The Morgan fingerprint density at radius 1 is 1.14 bits per heavy atom. The Morgan fingerprint density at radius 2 is 1.64 bits per heavy atom. The van der Waals surface area contributed by atoms with Gasteiger partial charge in [0.2, 0.25) is 5.24 Å². The van der Waals surface area contributed by atoms with Gasteiger partial charge in [-0.25, -0.2) is 0 Å². The summed E-state index contributed by atoms with van der Waals surface area (Å²) in [6.45, 7) is 3.56.